The Morgan fingerprint density at radius 3 is 2.56 bits per heavy atom. The van der Waals surface area contributed by atoms with Crippen LogP contribution in [0.3, 0.4) is 0 Å². The Morgan fingerprint density at radius 1 is 1.16 bits per heavy atom. The number of hydrogen-bond donors (Lipinski definition) is 0. The normalized spacial score (nSPS) is 10.7. The first-order valence-electron chi connectivity index (χ1n) is 7.54. The van der Waals surface area contributed by atoms with E-state index in [2.05, 4.69) is 26.1 Å². The average molecular weight is 418 g/mol. The van der Waals surface area contributed by atoms with Crippen molar-refractivity contribution in [2.45, 2.75) is 5.16 Å². The number of nitrogens with zero attached hydrogens (tertiary/aromatic N) is 3. The molecule has 0 fully saturated rings. The number of benzene rings is 2. The minimum Gasteiger partial charge on any atom is -0.497 e. The van der Waals surface area contributed by atoms with Crippen LogP contribution >= 0.6 is 27.7 Å². The molecule has 0 atom stereocenters. The molecule has 0 unspecified atom stereocenters. The second kappa shape index (κ2) is 7.84. The molecule has 0 amide bonds. The lowest BCUT2D eigenvalue weighted by molar-refractivity contribution is 0.102. The summed E-state index contributed by atoms with van der Waals surface area (Å²) in [6.45, 7) is 0. The highest BCUT2D eigenvalue weighted by molar-refractivity contribution is 9.10. The number of halogens is 1. The summed E-state index contributed by atoms with van der Waals surface area (Å²) in [6.07, 6.45) is 0. The van der Waals surface area contributed by atoms with Gasteiger partial charge < -0.3 is 9.30 Å². The number of methoxy groups -OCH3 is 1. The number of carbonyl (C=O) groups excluding carboxylic acids is 1. The number of ether oxygens (including phenoxy) is 1. The van der Waals surface area contributed by atoms with Crippen molar-refractivity contribution in [1.82, 2.24) is 14.8 Å². The van der Waals surface area contributed by atoms with E-state index in [1.54, 1.807) is 7.11 Å². The lowest BCUT2D eigenvalue weighted by atomic mass is 10.1. The second-order valence-corrected chi connectivity index (χ2v) is 7.08. The van der Waals surface area contributed by atoms with Crippen LogP contribution in [0, 0.1) is 0 Å². The van der Waals surface area contributed by atoms with E-state index in [4.69, 9.17) is 4.74 Å². The summed E-state index contributed by atoms with van der Waals surface area (Å²) in [5.74, 6) is 1.89. The Kier molecular flexibility index (Phi) is 5.55. The van der Waals surface area contributed by atoms with Crippen molar-refractivity contribution in [2.24, 2.45) is 7.05 Å². The highest BCUT2D eigenvalue weighted by Gasteiger charge is 2.15. The molecule has 0 bridgehead atoms. The fourth-order valence-corrected chi connectivity index (χ4v) is 3.63. The van der Waals surface area contributed by atoms with Crippen molar-refractivity contribution in [2.75, 3.05) is 12.9 Å². The maximum absolute atomic E-state index is 12.4. The zero-order valence-corrected chi connectivity index (χ0v) is 16.2. The van der Waals surface area contributed by atoms with E-state index in [-0.39, 0.29) is 5.78 Å². The number of ketones is 1. The molecule has 0 aliphatic rings. The summed E-state index contributed by atoms with van der Waals surface area (Å²) in [4.78, 5) is 12.4. The van der Waals surface area contributed by atoms with E-state index >= 15 is 0 Å². The van der Waals surface area contributed by atoms with Crippen molar-refractivity contribution < 1.29 is 9.53 Å². The third kappa shape index (κ3) is 3.93. The number of carbonyl (C=O) groups is 1. The molecule has 0 saturated heterocycles. The van der Waals surface area contributed by atoms with Crippen LogP contribution in [0.1, 0.15) is 10.4 Å². The Balaban J connectivity index is 1.73. The van der Waals surface area contributed by atoms with Gasteiger partial charge in [-0.05, 0) is 30.3 Å². The summed E-state index contributed by atoms with van der Waals surface area (Å²) in [5, 5.41) is 9.14. The molecule has 0 aliphatic carbocycles. The third-order valence-electron chi connectivity index (χ3n) is 3.69. The molecule has 0 radical (unpaired) electrons. The summed E-state index contributed by atoms with van der Waals surface area (Å²) >= 11 is 4.79. The first kappa shape index (κ1) is 17.7. The zero-order chi connectivity index (χ0) is 17.8. The van der Waals surface area contributed by atoms with Crippen LogP contribution in [0.15, 0.2) is 58.2 Å². The van der Waals surface area contributed by atoms with Gasteiger partial charge in [-0.25, -0.2) is 0 Å². The van der Waals surface area contributed by atoms with Gasteiger partial charge in [0.1, 0.15) is 5.75 Å². The largest absolute Gasteiger partial charge is 0.497 e. The van der Waals surface area contributed by atoms with Gasteiger partial charge in [-0.15, -0.1) is 10.2 Å². The predicted octanol–water partition coefficient (Wildman–Crippen LogP) is 4.23. The quantitative estimate of drug-likeness (QED) is 0.443. The molecule has 0 spiro atoms. The van der Waals surface area contributed by atoms with Crippen LogP contribution < -0.4 is 4.74 Å². The van der Waals surface area contributed by atoms with Crippen LogP contribution in [-0.4, -0.2) is 33.4 Å². The van der Waals surface area contributed by atoms with Crippen molar-refractivity contribution in [3.05, 3.63) is 58.6 Å². The molecular formula is C18H16BrN3O2S. The predicted molar refractivity (Wildman–Crippen MR) is 102 cm³/mol. The van der Waals surface area contributed by atoms with Crippen LogP contribution in [0.25, 0.3) is 11.4 Å². The van der Waals surface area contributed by atoms with E-state index in [9.17, 15) is 4.79 Å². The monoisotopic (exact) mass is 417 g/mol. The number of rotatable bonds is 6. The Labute approximate surface area is 158 Å². The number of aromatic nitrogens is 3. The van der Waals surface area contributed by atoms with Gasteiger partial charge in [0.15, 0.2) is 16.8 Å². The zero-order valence-electron chi connectivity index (χ0n) is 13.8. The molecule has 5 nitrogen and oxygen atoms in total. The first-order chi connectivity index (χ1) is 12.1. The van der Waals surface area contributed by atoms with Crippen LogP contribution in [-0.2, 0) is 7.05 Å². The summed E-state index contributed by atoms with van der Waals surface area (Å²) in [7, 11) is 3.53. The van der Waals surface area contributed by atoms with Crippen molar-refractivity contribution in [3.8, 4) is 17.1 Å². The Morgan fingerprint density at radius 2 is 1.88 bits per heavy atom. The number of hydrogen-bond acceptors (Lipinski definition) is 5. The summed E-state index contributed by atoms with van der Waals surface area (Å²) in [6, 6.07) is 15.0. The highest BCUT2D eigenvalue weighted by Crippen LogP contribution is 2.25. The molecule has 2 aromatic carbocycles. The van der Waals surface area contributed by atoms with E-state index in [1.165, 1.54) is 11.8 Å². The van der Waals surface area contributed by atoms with Gasteiger partial charge in [0.25, 0.3) is 0 Å². The van der Waals surface area contributed by atoms with Crippen molar-refractivity contribution >= 4 is 33.5 Å². The van der Waals surface area contributed by atoms with E-state index in [0.29, 0.717) is 16.5 Å². The van der Waals surface area contributed by atoms with E-state index in [0.717, 1.165) is 21.6 Å². The maximum Gasteiger partial charge on any atom is 0.191 e. The lowest BCUT2D eigenvalue weighted by Gasteiger charge is -2.05. The first-order valence-corrected chi connectivity index (χ1v) is 9.32. The van der Waals surface area contributed by atoms with Gasteiger partial charge in [0.2, 0.25) is 0 Å². The molecule has 7 heteroatoms. The molecule has 0 saturated carbocycles. The summed E-state index contributed by atoms with van der Waals surface area (Å²) < 4.78 is 7.86. The average Bonchev–Trinajstić information content (AvgIpc) is 3.01. The van der Waals surface area contributed by atoms with Gasteiger partial charge >= 0.3 is 0 Å². The van der Waals surface area contributed by atoms with Gasteiger partial charge in [-0.1, -0.05) is 45.9 Å². The summed E-state index contributed by atoms with van der Waals surface area (Å²) in [5.41, 5.74) is 1.62. The van der Waals surface area contributed by atoms with Crippen LogP contribution in [0.5, 0.6) is 5.75 Å². The van der Waals surface area contributed by atoms with Crippen molar-refractivity contribution in [3.63, 3.8) is 0 Å². The van der Waals surface area contributed by atoms with Crippen LogP contribution in [0.2, 0.25) is 0 Å². The van der Waals surface area contributed by atoms with E-state index in [1.807, 2.05) is 60.1 Å². The molecule has 128 valence electrons. The molecule has 1 aromatic heterocycles. The topological polar surface area (TPSA) is 57.0 Å². The second-order valence-electron chi connectivity index (χ2n) is 5.29. The smallest absolute Gasteiger partial charge is 0.191 e. The standard InChI is InChI=1S/C18H16BrN3O2S/c1-22-17(12-7-9-13(24-2)10-8-12)20-21-18(22)25-11-16(23)14-5-3-4-6-15(14)19/h3-10H,11H2,1-2H3. The molecule has 3 rings (SSSR count). The highest BCUT2D eigenvalue weighted by atomic mass is 79.9. The molecule has 0 N–H and O–H groups in total. The Hall–Kier alpha value is -2.12. The van der Waals surface area contributed by atoms with Gasteiger partial charge in [-0.2, -0.15) is 0 Å². The SMILES string of the molecule is COc1ccc(-c2nnc(SCC(=O)c3ccccc3Br)n2C)cc1. The minimum atomic E-state index is 0.0477. The molecule has 1 heterocycles. The van der Waals surface area contributed by atoms with Crippen molar-refractivity contribution in [1.29, 1.82) is 0 Å². The molecule has 25 heavy (non-hydrogen) atoms. The minimum absolute atomic E-state index is 0.0477. The fourth-order valence-electron chi connectivity index (χ4n) is 2.33. The fraction of sp³-hybridized carbons (Fsp3) is 0.167. The number of thioether (sulfide) groups is 1. The molecule has 0 aliphatic heterocycles. The van der Waals surface area contributed by atoms with E-state index < -0.39 is 0 Å². The molecular weight excluding hydrogens is 402 g/mol. The van der Waals surface area contributed by atoms with Gasteiger partial charge in [-0.3, -0.25) is 4.79 Å². The number of Topliss-reactive ketones (excluding diaryl/α,β-unsaturated/α-hetero) is 1. The lowest BCUT2D eigenvalue weighted by Crippen LogP contribution is -2.04. The van der Waals surface area contributed by atoms with Gasteiger partial charge in [0, 0.05) is 22.6 Å². The molecule has 3 aromatic rings. The third-order valence-corrected chi connectivity index (χ3v) is 5.40. The van der Waals surface area contributed by atoms with Gasteiger partial charge in [0.05, 0.1) is 12.9 Å². The maximum atomic E-state index is 12.4. The van der Waals surface area contributed by atoms with Crippen LogP contribution in [0.4, 0.5) is 0 Å². The Bertz CT molecular complexity index is 894.